The number of rotatable bonds is 6. The zero-order valence-corrected chi connectivity index (χ0v) is 13.6. The van der Waals surface area contributed by atoms with Crippen LogP contribution in [0.3, 0.4) is 0 Å². The largest absolute Gasteiger partial charge is 0.496 e. The van der Waals surface area contributed by atoms with E-state index in [0.29, 0.717) is 0 Å². The molecule has 0 fully saturated rings. The molecular formula is C19H22O3. The Kier molecular flexibility index (Phi) is 5.48. The maximum atomic E-state index is 5.55. The fraction of sp³-hybridized carbons (Fsp3) is 0.263. The summed E-state index contributed by atoms with van der Waals surface area (Å²) in [5, 5.41) is 0. The van der Waals surface area contributed by atoms with Crippen molar-refractivity contribution in [2.24, 2.45) is 0 Å². The Hall–Kier alpha value is -2.42. The first kappa shape index (κ1) is 16.0. The Morgan fingerprint density at radius 1 is 0.909 bits per heavy atom. The SMILES string of the molecule is COc1cc(OC)c(C=CCc2ccccc2)c(OC)c1C. The summed E-state index contributed by atoms with van der Waals surface area (Å²) < 4.78 is 16.4. The van der Waals surface area contributed by atoms with E-state index in [0.717, 1.165) is 34.8 Å². The third kappa shape index (κ3) is 3.42. The zero-order valence-electron chi connectivity index (χ0n) is 13.6. The first-order chi connectivity index (χ1) is 10.7. The Morgan fingerprint density at radius 2 is 1.59 bits per heavy atom. The molecule has 22 heavy (non-hydrogen) atoms. The molecule has 116 valence electrons. The van der Waals surface area contributed by atoms with Crippen LogP contribution >= 0.6 is 0 Å². The van der Waals surface area contributed by atoms with E-state index >= 15 is 0 Å². The van der Waals surface area contributed by atoms with Crippen molar-refractivity contribution >= 4 is 6.08 Å². The summed E-state index contributed by atoms with van der Waals surface area (Å²) in [7, 11) is 4.96. The van der Waals surface area contributed by atoms with Crippen LogP contribution in [0.4, 0.5) is 0 Å². The van der Waals surface area contributed by atoms with Gasteiger partial charge in [0.25, 0.3) is 0 Å². The molecule has 0 aliphatic carbocycles. The lowest BCUT2D eigenvalue weighted by Gasteiger charge is -2.16. The normalized spacial score (nSPS) is 10.7. The van der Waals surface area contributed by atoms with E-state index in [9.17, 15) is 0 Å². The molecule has 0 radical (unpaired) electrons. The minimum atomic E-state index is 0.739. The summed E-state index contributed by atoms with van der Waals surface area (Å²) in [5.74, 6) is 2.28. The van der Waals surface area contributed by atoms with Crippen molar-refractivity contribution in [3.63, 3.8) is 0 Å². The highest BCUT2D eigenvalue weighted by Gasteiger charge is 2.15. The van der Waals surface area contributed by atoms with Gasteiger partial charge in [0.2, 0.25) is 0 Å². The summed E-state index contributed by atoms with van der Waals surface area (Å²) in [6, 6.07) is 12.2. The van der Waals surface area contributed by atoms with Gasteiger partial charge in [-0.25, -0.2) is 0 Å². The van der Waals surface area contributed by atoms with Crippen LogP contribution < -0.4 is 14.2 Å². The second-order valence-corrected chi connectivity index (χ2v) is 4.95. The molecule has 0 saturated heterocycles. The Labute approximate surface area is 132 Å². The molecule has 0 N–H and O–H groups in total. The van der Waals surface area contributed by atoms with Crippen LogP contribution in [0.1, 0.15) is 16.7 Å². The quantitative estimate of drug-likeness (QED) is 0.797. The fourth-order valence-corrected chi connectivity index (χ4v) is 2.46. The highest BCUT2D eigenvalue weighted by atomic mass is 16.5. The summed E-state index contributed by atoms with van der Waals surface area (Å²) >= 11 is 0. The molecule has 3 heteroatoms. The van der Waals surface area contributed by atoms with Gasteiger partial charge in [0.15, 0.2) is 0 Å². The molecule has 0 saturated carbocycles. The van der Waals surface area contributed by atoms with E-state index in [-0.39, 0.29) is 0 Å². The van der Waals surface area contributed by atoms with Gasteiger partial charge in [0, 0.05) is 11.6 Å². The fourth-order valence-electron chi connectivity index (χ4n) is 2.46. The third-order valence-electron chi connectivity index (χ3n) is 3.61. The Balaban J connectivity index is 2.34. The third-order valence-corrected chi connectivity index (χ3v) is 3.61. The number of hydrogen-bond donors (Lipinski definition) is 0. The predicted octanol–water partition coefficient (Wildman–Crippen LogP) is 4.28. The van der Waals surface area contributed by atoms with Gasteiger partial charge in [-0.2, -0.15) is 0 Å². The van der Waals surface area contributed by atoms with Crippen molar-refractivity contribution in [3.05, 3.63) is 59.2 Å². The summed E-state index contributed by atoms with van der Waals surface area (Å²) in [6.07, 6.45) is 5.01. The van der Waals surface area contributed by atoms with Crippen molar-refractivity contribution < 1.29 is 14.2 Å². The lowest BCUT2D eigenvalue weighted by molar-refractivity contribution is 0.370. The summed E-state index contributed by atoms with van der Waals surface area (Å²) in [5.41, 5.74) is 3.16. The molecule has 0 aliphatic rings. The van der Waals surface area contributed by atoms with Gasteiger partial charge in [-0.05, 0) is 18.9 Å². The summed E-state index contributed by atoms with van der Waals surface area (Å²) in [6.45, 7) is 1.98. The first-order valence-corrected chi connectivity index (χ1v) is 7.21. The van der Waals surface area contributed by atoms with Gasteiger partial charge in [-0.1, -0.05) is 42.5 Å². The van der Waals surface area contributed by atoms with Crippen molar-refractivity contribution in [1.29, 1.82) is 0 Å². The number of ether oxygens (including phenoxy) is 3. The van der Waals surface area contributed by atoms with Crippen LogP contribution in [0.2, 0.25) is 0 Å². The maximum Gasteiger partial charge on any atom is 0.136 e. The standard InChI is InChI=1S/C19H22O3/c1-14-17(20-2)13-18(21-3)16(19(14)22-4)12-8-11-15-9-6-5-7-10-15/h5-10,12-13H,11H2,1-4H3. The van der Waals surface area contributed by atoms with Gasteiger partial charge >= 0.3 is 0 Å². The Morgan fingerprint density at radius 3 is 2.18 bits per heavy atom. The molecule has 0 aromatic heterocycles. The number of allylic oxidation sites excluding steroid dienone is 1. The molecule has 3 nitrogen and oxygen atoms in total. The summed E-state index contributed by atoms with van der Waals surface area (Å²) in [4.78, 5) is 0. The molecule has 0 spiro atoms. The van der Waals surface area contributed by atoms with Crippen LogP contribution in [0, 0.1) is 6.92 Å². The van der Waals surface area contributed by atoms with E-state index in [1.54, 1.807) is 21.3 Å². The minimum absolute atomic E-state index is 0.739. The molecule has 0 amide bonds. The van der Waals surface area contributed by atoms with Gasteiger partial charge in [-0.15, -0.1) is 0 Å². The second-order valence-electron chi connectivity index (χ2n) is 4.95. The average molecular weight is 298 g/mol. The van der Waals surface area contributed by atoms with Gasteiger partial charge in [0.05, 0.1) is 26.9 Å². The average Bonchev–Trinajstić information content (AvgIpc) is 2.56. The number of hydrogen-bond acceptors (Lipinski definition) is 3. The van der Waals surface area contributed by atoms with Gasteiger partial charge in [0.1, 0.15) is 17.2 Å². The van der Waals surface area contributed by atoms with Crippen LogP contribution in [0.25, 0.3) is 6.08 Å². The van der Waals surface area contributed by atoms with Gasteiger partial charge in [-0.3, -0.25) is 0 Å². The lowest BCUT2D eigenvalue weighted by Crippen LogP contribution is -1.98. The van der Waals surface area contributed by atoms with E-state index in [1.165, 1.54) is 5.56 Å². The van der Waals surface area contributed by atoms with E-state index < -0.39 is 0 Å². The number of benzene rings is 2. The molecule has 0 aliphatic heterocycles. The smallest absolute Gasteiger partial charge is 0.136 e. The molecule has 0 bridgehead atoms. The highest BCUT2D eigenvalue weighted by molar-refractivity contribution is 5.69. The first-order valence-electron chi connectivity index (χ1n) is 7.21. The minimum Gasteiger partial charge on any atom is -0.496 e. The maximum absolute atomic E-state index is 5.55. The molecule has 2 aromatic carbocycles. The molecular weight excluding hydrogens is 276 g/mol. The van der Waals surface area contributed by atoms with Crippen LogP contribution in [0.5, 0.6) is 17.2 Å². The molecule has 0 heterocycles. The van der Waals surface area contributed by atoms with Crippen molar-refractivity contribution in [2.75, 3.05) is 21.3 Å². The zero-order chi connectivity index (χ0) is 15.9. The van der Waals surface area contributed by atoms with Crippen molar-refractivity contribution in [3.8, 4) is 17.2 Å². The molecule has 0 unspecified atom stereocenters. The molecule has 2 aromatic rings. The monoisotopic (exact) mass is 298 g/mol. The van der Waals surface area contributed by atoms with E-state index in [1.807, 2.05) is 37.3 Å². The topological polar surface area (TPSA) is 27.7 Å². The highest BCUT2D eigenvalue weighted by Crippen LogP contribution is 2.39. The molecule has 2 rings (SSSR count). The van der Waals surface area contributed by atoms with Crippen LogP contribution in [0.15, 0.2) is 42.5 Å². The lowest BCUT2D eigenvalue weighted by atomic mass is 10.0. The van der Waals surface area contributed by atoms with Crippen molar-refractivity contribution in [2.45, 2.75) is 13.3 Å². The van der Waals surface area contributed by atoms with E-state index in [2.05, 4.69) is 18.2 Å². The van der Waals surface area contributed by atoms with Crippen LogP contribution in [-0.4, -0.2) is 21.3 Å². The Bertz CT molecular complexity index is 645. The van der Waals surface area contributed by atoms with Gasteiger partial charge < -0.3 is 14.2 Å². The predicted molar refractivity (Wildman–Crippen MR) is 90.0 cm³/mol. The van der Waals surface area contributed by atoms with Crippen molar-refractivity contribution in [1.82, 2.24) is 0 Å². The van der Waals surface area contributed by atoms with E-state index in [4.69, 9.17) is 14.2 Å². The number of methoxy groups -OCH3 is 3. The van der Waals surface area contributed by atoms with Crippen LogP contribution in [-0.2, 0) is 6.42 Å². The second kappa shape index (κ2) is 7.55. The molecule has 0 atom stereocenters.